The van der Waals surface area contributed by atoms with E-state index in [4.69, 9.17) is 4.74 Å². The third-order valence-electron chi connectivity index (χ3n) is 4.84. The van der Waals surface area contributed by atoms with E-state index in [0.717, 1.165) is 16.7 Å². The molecule has 0 unspecified atom stereocenters. The Labute approximate surface area is 170 Å². The minimum Gasteiger partial charge on any atom is -0.495 e. The van der Waals surface area contributed by atoms with Gasteiger partial charge in [0.1, 0.15) is 11.8 Å². The van der Waals surface area contributed by atoms with Crippen LogP contribution in [-0.4, -0.2) is 22.8 Å². The van der Waals surface area contributed by atoms with Gasteiger partial charge in [-0.05, 0) is 50.1 Å². The molecule has 0 saturated carbocycles. The summed E-state index contributed by atoms with van der Waals surface area (Å²) >= 11 is 0. The van der Waals surface area contributed by atoms with E-state index >= 15 is 0 Å². The zero-order valence-corrected chi connectivity index (χ0v) is 17.1. The Kier molecular flexibility index (Phi) is 6.12. The summed E-state index contributed by atoms with van der Waals surface area (Å²) in [4.78, 5) is 25.5. The van der Waals surface area contributed by atoms with Gasteiger partial charge in [0.25, 0.3) is 5.56 Å². The van der Waals surface area contributed by atoms with Crippen molar-refractivity contribution in [3.63, 3.8) is 0 Å². The van der Waals surface area contributed by atoms with E-state index in [1.165, 1.54) is 10.7 Å². The summed E-state index contributed by atoms with van der Waals surface area (Å²) in [6.07, 6.45) is 0.421. The molecule has 150 valence electrons. The van der Waals surface area contributed by atoms with Crippen molar-refractivity contribution in [1.82, 2.24) is 9.78 Å². The van der Waals surface area contributed by atoms with E-state index < -0.39 is 6.04 Å². The van der Waals surface area contributed by atoms with Crippen molar-refractivity contribution in [3.05, 3.63) is 76.1 Å². The topological polar surface area (TPSA) is 73.2 Å². The SMILES string of the molecule is CC[C@H](C(=O)Nc1ccccc1OC)n1nc(-c2cc(C)ccc2C)ccc1=O. The molecule has 0 aliphatic carbocycles. The van der Waals surface area contributed by atoms with Gasteiger partial charge >= 0.3 is 0 Å². The maximum Gasteiger partial charge on any atom is 0.267 e. The molecule has 0 bridgehead atoms. The number of anilines is 1. The lowest BCUT2D eigenvalue weighted by Gasteiger charge is -2.19. The first-order chi connectivity index (χ1) is 13.9. The van der Waals surface area contributed by atoms with Crippen LogP contribution >= 0.6 is 0 Å². The van der Waals surface area contributed by atoms with Crippen molar-refractivity contribution in [2.24, 2.45) is 0 Å². The number of carbonyl (C=O) groups excluding carboxylic acids is 1. The number of nitrogens with one attached hydrogen (secondary N) is 1. The number of hydrogen-bond acceptors (Lipinski definition) is 4. The van der Waals surface area contributed by atoms with E-state index in [2.05, 4.69) is 10.4 Å². The molecule has 3 rings (SSSR count). The Hall–Kier alpha value is -3.41. The van der Waals surface area contributed by atoms with Gasteiger partial charge in [0.2, 0.25) is 5.91 Å². The molecule has 6 nitrogen and oxygen atoms in total. The summed E-state index contributed by atoms with van der Waals surface area (Å²) in [6, 6.07) is 15.7. The fraction of sp³-hybridized carbons (Fsp3) is 0.261. The minimum atomic E-state index is -0.738. The maximum atomic E-state index is 13.0. The lowest BCUT2D eigenvalue weighted by Crippen LogP contribution is -2.34. The molecule has 0 spiro atoms. The van der Waals surface area contributed by atoms with Crippen LogP contribution in [0.3, 0.4) is 0 Å². The van der Waals surface area contributed by atoms with Crippen molar-refractivity contribution in [2.75, 3.05) is 12.4 Å². The average molecular weight is 391 g/mol. The van der Waals surface area contributed by atoms with Crippen molar-refractivity contribution >= 4 is 11.6 Å². The van der Waals surface area contributed by atoms with Crippen LogP contribution < -0.4 is 15.6 Å². The predicted octanol–water partition coefficient (Wildman–Crippen LogP) is 4.13. The fourth-order valence-electron chi connectivity index (χ4n) is 3.24. The summed E-state index contributed by atoms with van der Waals surface area (Å²) in [7, 11) is 1.54. The molecule has 1 N–H and O–H groups in total. The van der Waals surface area contributed by atoms with E-state index in [1.54, 1.807) is 25.3 Å². The number of amides is 1. The van der Waals surface area contributed by atoms with Crippen molar-refractivity contribution in [2.45, 2.75) is 33.2 Å². The van der Waals surface area contributed by atoms with Crippen LogP contribution in [0.2, 0.25) is 0 Å². The third-order valence-corrected chi connectivity index (χ3v) is 4.84. The molecule has 1 aromatic heterocycles. The largest absolute Gasteiger partial charge is 0.495 e. The van der Waals surface area contributed by atoms with E-state index in [0.29, 0.717) is 23.6 Å². The summed E-state index contributed by atoms with van der Waals surface area (Å²) in [6.45, 7) is 5.86. The monoisotopic (exact) mass is 391 g/mol. The summed E-state index contributed by atoms with van der Waals surface area (Å²) in [5.41, 5.74) is 4.00. The Morgan fingerprint density at radius 1 is 1.14 bits per heavy atom. The molecule has 1 atom stereocenters. The predicted molar refractivity (Wildman–Crippen MR) is 114 cm³/mol. The normalized spacial score (nSPS) is 11.7. The van der Waals surface area contributed by atoms with E-state index in [1.807, 2.05) is 51.1 Å². The molecule has 0 fully saturated rings. The molecule has 3 aromatic rings. The molecule has 29 heavy (non-hydrogen) atoms. The van der Waals surface area contributed by atoms with E-state index in [-0.39, 0.29) is 11.5 Å². The Bertz CT molecular complexity index is 1090. The van der Waals surface area contributed by atoms with Crippen molar-refractivity contribution < 1.29 is 9.53 Å². The molecule has 0 saturated heterocycles. The van der Waals surface area contributed by atoms with Crippen LogP contribution in [-0.2, 0) is 4.79 Å². The zero-order valence-electron chi connectivity index (χ0n) is 17.1. The molecule has 0 aliphatic heterocycles. The van der Waals surface area contributed by atoms with E-state index in [9.17, 15) is 9.59 Å². The first-order valence-electron chi connectivity index (χ1n) is 9.56. The van der Waals surface area contributed by atoms with Crippen molar-refractivity contribution in [1.29, 1.82) is 0 Å². The molecular weight excluding hydrogens is 366 g/mol. The molecule has 2 aromatic carbocycles. The standard InChI is InChI=1S/C23H25N3O3/c1-5-20(23(28)24-19-8-6-7-9-21(19)29-4)26-22(27)13-12-18(25-26)17-14-15(2)10-11-16(17)3/h6-14,20H,5H2,1-4H3,(H,24,28)/t20-/m1/s1. The van der Waals surface area contributed by atoms with Crippen LogP contribution in [0.15, 0.2) is 59.4 Å². The van der Waals surface area contributed by atoms with Gasteiger partial charge in [-0.25, -0.2) is 4.68 Å². The Morgan fingerprint density at radius 2 is 1.90 bits per heavy atom. The zero-order chi connectivity index (χ0) is 21.0. The molecular formula is C23H25N3O3. The highest BCUT2D eigenvalue weighted by molar-refractivity contribution is 5.95. The first-order valence-corrected chi connectivity index (χ1v) is 9.56. The van der Waals surface area contributed by atoms with Gasteiger partial charge in [-0.3, -0.25) is 9.59 Å². The minimum absolute atomic E-state index is 0.315. The van der Waals surface area contributed by atoms with Crippen LogP contribution in [0.25, 0.3) is 11.3 Å². The molecule has 6 heteroatoms. The van der Waals surface area contributed by atoms with Gasteiger partial charge in [-0.15, -0.1) is 0 Å². The van der Waals surface area contributed by atoms with Crippen LogP contribution in [0, 0.1) is 13.8 Å². The second-order valence-corrected chi connectivity index (χ2v) is 6.93. The number of nitrogens with zero attached hydrogens (tertiary/aromatic N) is 2. The summed E-state index contributed by atoms with van der Waals surface area (Å²) < 4.78 is 6.56. The number of benzene rings is 2. The number of methoxy groups -OCH3 is 1. The number of rotatable bonds is 6. The molecule has 0 radical (unpaired) electrons. The Balaban J connectivity index is 1.98. The van der Waals surface area contributed by atoms with Gasteiger partial charge in [-0.2, -0.15) is 5.10 Å². The number of carbonyl (C=O) groups is 1. The van der Waals surface area contributed by atoms with Gasteiger partial charge < -0.3 is 10.1 Å². The number of ether oxygens (including phenoxy) is 1. The average Bonchev–Trinajstić information content (AvgIpc) is 2.72. The van der Waals surface area contributed by atoms with Crippen LogP contribution in [0.4, 0.5) is 5.69 Å². The second-order valence-electron chi connectivity index (χ2n) is 6.93. The third kappa shape index (κ3) is 4.37. The van der Waals surface area contributed by atoms with Crippen LogP contribution in [0.1, 0.15) is 30.5 Å². The first kappa shape index (κ1) is 20.3. The Morgan fingerprint density at radius 3 is 2.62 bits per heavy atom. The number of aryl methyl sites for hydroxylation is 2. The fourth-order valence-corrected chi connectivity index (χ4v) is 3.24. The summed E-state index contributed by atoms with van der Waals surface area (Å²) in [5, 5.41) is 7.39. The highest BCUT2D eigenvalue weighted by Gasteiger charge is 2.22. The number of aromatic nitrogens is 2. The second kappa shape index (κ2) is 8.73. The van der Waals surface area contributed by atoms with Crippen molar-refractivity contribution in [3.8, 4) is 17.0 Å². The number of hydrogen-bond donors (Lipinski definition) is 1. The summed E-state index contributed by atoms with van der Waals surface area (Å²) in [5.74, 6) is 0.241. The van der Waals surface area contributed by atoms with Crippen LogP contribution in [0.5, 0.6) is 5.75 Å². The van der Waals surface area contributed by atoms with Gasteiger partial charge in [0, 0.05) is 11.6 Å². The van der Waals surface area contributed by atoms with Gasteiger partial charge in [0.15, 0.2) is 0 Å². The smallest absolute Gasteiger partial charge is 0.267 e. The molecule has 1 amide bonds. The quantitative estimate of drug-likeness (QED) is 0.686. The highest BCUT2D eigenvalue weighted by atomic mass is 16.5. The van der Waals surface area contributed by atoms with Gasteiger partial charge in [0.05, 0.1) is 18.5 Å². The maximum absolute atomic E-state index is 13.0. The molecule has 1 heterocycles. The number of para-hydroxylation sites is 2. The van der Waals surface area contributed by atoms with Gasteiger partial charge in [-0.1, -0.05) is 36.8 Å². The highest BCUT2D eigenvalue weighted by Crippen LogP contribution is 2.25. The lowest BCUT2D eigenvalue weighted by atomic mass is 10.0. The molecule has 0 aliphatic rings. The lowest BCUT2D eigenvalue weighted by molar-refractivity contribution is -0.119.